The SMILES string of the molecule is C=C(CN)CN1CC(C)N(C(C)CC)c2cc(OCCC(C)(C)CCC(C)(C)COc3cc4c(cc3OC)C(=O)N3CC(=C)CC3C=N4)c(OC)cc2C1=O. The Morgan fingerprint density at radius 3 is 2.25 bits per heavy atom. The van der Waals surface area contributed by atoms with E-state index in [1.165, 1.54) is 0 Å². The number of carbonyl (C=O) groups excluding carboxylic acids is 2. The van der Waals surface area contributed by atoms with Crippen molar-refractivity contribution in [2.75, 3.05) is 58.5 Å². The maximum absolute atomic E-state index is 13.9. The number of methoxy groups -OCH3 is 2. The minimum absolute atomic E-state index is 0.0230. The highest BCUT2D eigenvalue weighted by Gasteiger charge is 2.36. The lowest BCUT2D eigenvalue weighted by Crippen LogP contribution is -2.45. The molecule has 0 spiro atoms. The number of anilines is 1. The van der Waals surface area contributed by atoms with Crippen LogP contribution in [0.15, 0.2) is 53.6 Å². The van der Waals surface area contributed by atoms with Crippen LogP contribution < -0.4 is 29.6 Å². The fourth-order valence-corrected chi connectivity index (χ4v) is 7.63. The van der Waals surface area contributed by atoms with Gasteiger partial charge in [0.15, 0.2) is 23.0 Å². The molecule has 5 rings (SSSR count). The highest BCUT2D eigenvalue weighted by molar-refractivity contribution is 6.04. The summed E-state index contributed by atoms with van der Waals surface area (Å²) in [6, 6.07) is 7.60. The first-order chi connectivity index (χ1) is 26.0. The van der Waals surface area contributed by atoms with Crippen molar-refractivity contribution in [2.45, 2.75) is 98.7 Å². The van der Waals surface area contributed by atoms with Gasteiger partial charge in [-0.3, -0.25) is 14.6 Å². The van der Waals surface area contributed by atoms with E-state index in [-0.39, 0.29) is 40.8 Å². The molecule has 3 aliphatic heterocycles. The van der Waals surface area contributed by atoms with Crippen molar-refractivity contribution in [1.82, 2.24) is 9.80 Å². The summed E-state index contributed by atoms with van der Waals surface area (Å²) in [4.78, 5) is 38.0. The average molecular weight is 758 g/mol. The molecule has 0 radical (unpaired) electrons. The van der Waals surface area contributed by atoms with E-state index in [2.05, 4.69) is 71.5 Å². The summed E-state index contributed by atoms with van der Waals surface area (Å²) in [5, 5.41) is 0. The number of fused-ring (bicyclic) bond motifs is 3. The number of hydrogen-bond acceptors (Lipinski definition) is 9. The Bertz CT molecular complexity index is 1800. The first kappa shape index (κ1) is 41.6. The van der Waals surface area contributed by atoms with E-state index in [1.54, 1.807) is 20.3 Å². The number of nitrogens with zero attached hydrogens (tertiary/aromatic N) is 4. The number of carbonyl (C=O) groups is 2. The van der Waals surface area contributed by atoms with Gasteiger partial charge < -0.3 is 39.4 Å². The van der Waals surface area contributed by atoms with E-state index in [4.69, 9.17) is 24.7 Å². The third kappa shape index (κ3) is 9.48. The van der Waals surface area contributed by atoms with Crippen molar-refractivity contribution >= 4 is 29.4 Å². The van der Waals surface area contributed by atoms with Crippen molar-refractivity contribution < 1.29 is 28.5 Å². The lowest BCUT2D eigenvalue weighted by molar-refractivity contribution is 0.0765. The van der Waals surface area contributed by atoms with Crippen LogP contribution in [0.1, 0.15) is 101 Å². The summed E-state index contributed by atoms with van der Waals surface area (Å²) in [7, 11) is 3.20. The molecule has 0 bridgehead atoms. The second-order valence-electron chi connectivity index (χ2n) is 17.1. The summed E-state index contributed by atoms with van der Waals surface area (Å²) >= 11 is 0. The molecule has 1 saturated heterocycles. The third-order valence-corrected chi connectivity index (χ3v) is 11.4. The maximum atomic E-state index is 13.9. The molecule has 3 heterocycles. The molecule has 3 atom stereocenters. The molecular formula is C44H63N5O6. The molecule has 2 aromatic rings. The Morgan fingerprint density at radius 2 is 1.60 bits per heavy atom. The van der Waals surface area contributed by atoms with Gasteiger partial charge in [0.25, 0.3) is 11.8 Å². The zero-order chi connectivity index (χ0) is 40.2. The largest absolute Gasteiger partial charge is 0.493 e. The van der Waals surface area contributed by atoms with Gasteiger partial charge in [-0.05, 0) is 74.5 Å². The highest BCUT2D eigenvalue weighted by Crippen LogP contribution is 2.42. The number of amides is 2. The molecule has 0 saturated carbocycles. The van der Waals surface area contributed by atoms with Gasteiger partial charge in [-0.2, -0.15) is 0 Å². The Morgan fingerprint density at radius 1 is 0.945 bits per heavy atom. The molecule has 2 amide bonds. The summed E-state index contributed by atoms with van der Waals surface area (Å²) in [6.07, 6.45) is 6.19. The normalized spacial score (nSPS) is 19.0. The van der Waals surface area contributed by atoms with E-state index in [9.17, 15) is 9.59 Å². The Kier molecular flexibility index (Phi) is 12.9. The standard InChI is InChI=1S/C44H63N5O6/c1-12-30(4)49-31(5)26-47(24-29(3)22-45)41(50)34-19-38(53-11)40(21-36(34)49)54-16-15-43(6,7)13-14-44(8,9)27-55-39-20-35-33(18-37(39)52-10)42(51)48-25-28(2)17-32(48)23-46-35/h18-21,23,30-32H,2-3,12-17,22,24-27,45H2,1,4-11H3. The molecule has 3 aliphatic rings. The number of ether oxygens (including phenoxy) is 4. The van der Waals surface area contributed by atoms with E-state index >= 15 is 0 Å². The van der Waals surface area contributed by atoms with Crippen LogP contribution in [0.3, 0.4) is 0 Å². The molecule has 0 aromatic heterocycles. The van der Waals surface area contributed by atoms with Crippen LogP contribution in [0.5, 0.6) is 23.0 Å². The molecule has 11 nitrogen and oxygen atoms in total. The van der Waals surface area contributed by atoms with Gasteiger partial charge in [0.2, 0.25) is 0 Å². The second-order valence-corrected chi connectivity index (χ2v) is 17.1. The minimum Gasteiger partial charge on any atom is -0.493 e. The van der Waals surface area contributed by atoms with E-state index in [0.717, 1.165) is 48.9 Å². The molecule has 2 aromatic carbocycles. The molecule has 55 heavy (non-hydrogen) atoms. The van der Waals surface area contributed by atoms with Gasteiger partial charge in [-0.25, -0.2) is 0 Å². The van der Waals surface area contributed by atoms with Gasteiger partial charge in [0.05, 0.1) is 56.0 Å². The van der Waals surface area contributed by atoms with E-state index < -0.39 is 0 Å². The van der Waals surface area contributed by atoms with Gasteiger partial charge in [-0.15, -0.1) is 0 Å². The Balaban J connectivity index is 1.23. The monoisotopic (exact) mass is 757 g/mol. The quantitative estimate of drug-likeness (QED) is 0.162. The number of rotatable bonds is 17. The van der Waals surface area contributed by atoms with Crippen LogP contribution in [-0.4, -0.2) is 99.6 Å². The van der Waals surface area contributed by atoms with E-state index in [1.807, 2.05) is 34.2 Å². The molecule has 300 valence electrons. The van der Waals surface area contributed by atoms with Crippen molar-refractivity contribution in [3.8, 4) is 23.0 Å². The maximum Gasteiger partial charge on any atom is 0.257 e. The Labute approximate surface area is 328 Å². The third-order valence-electron chi connectivity index (χ3n) is 11.4. The minimum atomic E-state index is -0.147. The highest BCUT2D eigenvalue weighted by atomic mass is 16.5. The van der Waals surface area contributed by atoms with Gasteiger partial charge in [0.1, 0.15) is 0 Å². The first-order valence-electron chi connectivity index (χ1n) is 19.7. The van der Waals surface area contributed by atoms with E-state index in [0.29, 0.717) is 79.2 Å². The van der Waals surface area contributed by atoms with Crippen LogP contribution in [0.2, 0.25) is 0 Å². The Hall–Kier alpha value is -4.51. The lowest BCUT2D eigenvalue weighted by atomic mass is 9.78. The molecule has 2 N–H and O–H groups in total. The zero-order valence-electron chi connectivity index (χ0n) is 34.6. The summed E-state index contributed by atoms with van der Waals surface area (Å²) in [5.41, 5.74) is 10.1. The average Bonchev–Trinajstić information content (AvgIpc) is 3.44. The number of aliphatic imine (C=N–C) groups is 1. The van der Waals surface area contributed by atoms with Gasteiger partial charge in [-0.1, -0.05) is 53.3 Å². The van der Waals surface area contributed by atoms with Crippen LogP contribution in [0.25, 0.3) is 0 Å². The van der Waals surface area contributed by atoms with Crippen molar-refractivity contribution in [3.63, 3.8) is 0 Å². The van der Waals surface area contributed by atoms with Crippen molar-refractivity contribution in [1.29, 1.82) is 0 Å². The molecule has 11 heteroatoms. The summed E-state index contributed by atoms with van der Waals surface area (Å²) in [6.45, 7) is 26.4. The second kappa shape index (κ2) is 17.1. The van der Waals surface area contributed by atoms with Crippen LogP contribution in [-0.2, 0) is 0 Å². The van der Waals surface area contributed by atoms with Crippen molar-refractivity contribution in [2.24, 2.45) is 21.6 Å². The number of hydrogen-bond donors (Lipinski definition) is 1. The first-order valence-corrected chi connectivity index (χ1v) is 19.7. The summed E-state index contributed by atoms with van der Waals surface area (Å²) < 4.78 is 24.4. The van der Waals surface area contributed by atoms with Crippen LogP contribution in [0.4, 0.5) is 11.4 Å². The fourth-order valence-electron chi connectivity index (χ4n) is 7.63. The number of nitrogens with two attached hydrogens (primary N) is 1. The predicted molar refractivity (Wildman–Crippen MR) is 221 cm³/mol. The van der Waals surface area contributed by atoms with Crippen molar-refractivity contribution in [3.05, 3.63) is 59.7 Å². The molecular weight excluding hydrogens is 695 g/mol. The fraction of sp³-hybridized carbons (Fsp3) is 0.568. The smallest absolute Gasteiger partial charge is 0.257 e. The molecule has 3 unspecified atom stereocenters. The molecule has 0 aliphatic carbocycles. The van der Waals surface area contributed by atoms with Gasteiger partial charge in [0, 0.05) is 56.6 Å². The van der Waals surface area contributed by atoms with Crippen LogP contribution in [0, 0.1) is 10.8 Å². The zero-order valence-corrected chi connectivity index (χ0v) is 34.6. The van der Waals surface area contributed by atoms with Crippen LogP contribution >= 0.6 is 0 Å². The topological polar surface area (TPSA) is 119 Å². The lowest BCUT2D eigenvalue weighted by Gasteiger charge is -2.36. The molecule has 1 fully saturated rings. The summed E-state index contributed by atoms with van der Waals surface area (Å²) in [5.74, 6) is 2.13. The van der Waals surface area contributed by atoms with Gasteiger partial charge >= 0.3 is 0 Å². The number of benzene rings is 2. The predicted octanol–water partition coefficient (Wildman–Crippen LogP) is 7.84.